The summed E-state index contributed by atoms with van der Waals surface area (Å²) in [5.74, 6) is 0.570. The smallest absolute Gasteiger partial charge is 0.213 e. The third kappa shape index (κ3) is 1.81. The Labute approximate surface area is 71.4 Å². The molecule has 1 aromatic rings. The standard InChI is InChI=1S/C9H11NO2/c1-3-12-9-4-7(2)8(6-11)5-10-9/h4-6H,3H2,1-2H3. The fourth-order valence-electron chi connectivity index (χ4n) is 0.891. The third-order valence-corrected chi connectivity index (χ3v) is 1.55. The molecule has 1 rings (SSSR count). The third-order valence-electron chi connectivity index (χ3n) is 1.55. The van der Waals surface area contributed by atoms with Crippen LogP contribution in [0.5, 0.6) is 5.88 Å². The second-order valence-electron chi connectivity index (χ2n) is 2.43. The Balaban J connectivity index is 2.93. The lowest BCUT2D eigenvalue weighted by molar-refractivity contribution is 0.112. The van der Waals surface area contributed by atoms with E-state index in [0.717, 1.165) is 11.8 Å². The number of aldehydes is 1. The van der Waals surface area contributed by atoms with Crippen molar-refractivity contribution in [1.29, 1.82) is 0 Å². The maximum atomic E-state index is 10.4. The summed E-state index contributed by atoms with van der Waals surface area (Å²) in [5.41, 5.74) is 1.50. The second-order valence-corrected chi connectivity index (χ2v) is 2.43. The SMILES string of the molecule is CCOc1cc(C)c(C=O)cn1. The van der Waals surface area contributed by atoms with Crippen molar-refractivity contribution in [1.82, 2.24) is 4.98 Å². The molecule has 0 bridgehead atoms. The average Bonchev–Trinajstić information content (AvgIpc) is 2.05. The minimum atomic E-state index is 0.570. The van der Waals surface area contributed by atoms with Crippen molar-refractivity contribution in [2.24, 2.45) is 0 Å². The van der Waals surface area contributed by atoms with Gasteiger partial charge in [-0.25, -0.2) is 4.98 Å². The van der Waals surface area contributed by atoms with Gasteiger partial charge in [0.15, 0.2) is 6.29 Å². The van der Waals surface area contributed by atoms with Gasteiger partial charge in [-0.2, -0.15) is 0 Å². The molecule has 3 nitrogen and oxygen atoms in total. The van der Waals surface area contributed by atoms with Crippen LogP contribution in [-0.2, 0) is 0 Å². The minimum Gasteiger partial charge on any atom is -0.478 e. The molecular formula is C9H11NO2. The fraction of sp³-hybridized carbons (Fsp3) is 0.333. The Morgan fingerprint density at radius 1 is 1.67 bits per heavy atom. The van der Waals surface area contributed by atoms with Gasteiger partial charge >= 0.3 is 0 Å². The summed E-state index contributed by atoms with van der Waals surface area (Å²) in [6.45, 7) is 4.34. The number of aromatic nitrogens is 1. The van der Waals surface area contributed by atoms with Crippen LogP contribution in [0.1, 0.15) is 22.8 Å². The summed E-state index contributed by atoms with van der Waals surface area (Å²) in [6, 6.07) is 1.76. The van der Waals surface area contributed by atoms with Gasteiger partial charge in [-0.1, -0.05) is 0 Å². The molecular weight excluding hydrogens is 154 g/mol. The maximum absolute atomic E-state index is 10.4. The van der Waals surface area contributed by atoms with Crippen LogP contribution in [-0.4, -0.2) is 17.9 Å². The van der Waals surface area contributed by atoms with E-state index in [-0.39, 0.29) is 0 Å². The highest BCUT2D eigenvalue weighted by atomic mass is 16.5. The second kappa shape index (κ2) is 3.85. The Hall–Kier alpha value is -1.38. The Bertz CT molecular complexity index is 284. The number of aryl methyl sites for hydroxylation is 1. The summed E-state index contributed by atoms with van der Waals surface area (Å²) in [5, 5.41) is 0. The predicted molar refractivity (Wildman–Crippen MR) is 45.5 cm³/mol. The average molecular weight is 165 g/mol. The van der Waals surface area contributed by atoms with Crippen LogP contribution in [0.15, 0.2) is 12.3 Å². The van der Waals surface area contributed by atoms with Crippen LogP contribution in [0.3, 0.4) is 0 Å². The molecule has 0 atom stereocenters. The molecule has 0 fully saturated rings. The van der Waals surface area contributed by atoms with E-state index in [9.17, 15) is 4.79 Å². The molecule has 12 heavy (non-hydrogen) atoms. The van der Waals surface area contributed by atoms with Crippen molar-refractivity contribution in [2.75, 3.05) is 6.61 Å². The van der Waals surface area contributed by atoms with Crippen LogP contribution in [0.4, 0.5) is 0 Å². The van der Waals surface area contributed by atoms with Gasteiger partial charge in [0.25, 0.3) is 0 Å². The molecule has 0 aliphatic rings. The Morgan fingerprint density at radius 2 is 2.42 bits per heavy atom. The van der Waals surface area contributed by atoms with Gasteiger partial charge in [-0.15, -0.1) is 0 Å². The zero-order chi connectivity index (χ0) is 8.97. The van der Waals surface area contributed by atoms with Gasteiger partial charge in [-0.05, 0) is 19.4 Å². The van der Waals surface area contributed by atoms with Gasteiger partial charge in [-0.3, -0.25) is 4.79 Å². The number of ether oxygens (including phenoxy) is 1. The molecule has 0 spiro atoms. The first-order valence-electron chi connectivity index (χ1n) is 3.82. The molecule has 0 saturated carbocycles. The zero-order valence-corrected chi connectivity index (χ0v) is 7.20. The molecule has 0 N–H and O–H groups in total. The van der Waals surface area contributed by atoms with E-state index in [1.807, 2.05) is 13.8 Å². The molecule has 1 heterocycles. The van der Waals surface area contributed by atoms with Crippen molar-refractivity contribution >= 4 is 6.29 Å². The van der Waals surface area contributed by atoms with Gasteiger partial charge in [0.1, 0.15) is 0 Å². The molecule has 0 radical (unpaired) electrons. The number of pyridine rings is 1. The number of hydrogen-bond donors (Lipinski definition) is 0. The first kappa shape index (κ1) is 8.71. The topological polar surface area (TPSA) is 39.2 Å². The monoisotopic (exact) mass is 165 g/mol. The van der Waals surface area contributed by atoms with Crippen molar-refractivity contribution in [3.63, 3.8) is 0 Å². The molecule has 3 heteroatoms. The van der Waals surface area contributed by atoms with Crippen LogP contribution in [0.25, 0.3) is 0 Å². The number of carbonyl (C=O) groups excluding carboxylic acids is 1. The predicted octanol–water partition coefficient (Wildman–Crippen LogP) is 1.60. The first-order valence-corrected chi connectivity index (χ1v) is 3.82. The largest absolute Gasteiger partial charge is 0.478 e. The first-order chi connectivity index (χ1) is 5.77. The maximum Gasteiger partial charge on any atom is 0.213 e. The van der Waals surface area contributed by atoms with Gasteiger partial charge in [0, 0.05) is 17.8 Å². The van der Waals surface area contributed by atoms with Gasteiger partial charge < -0.3 is 4.74 Å². The molecule has 0 aliphatic heterocycles. The van der Waals surface area contributed by atoms with Crippen LogP contribution >= 0.6 is 0 Å². The Morgan fingerprint density at radius 3 is 2.92 bits per heavy atom. The molecule has 0 saturated heterocycles. The quantitative estimate of drug-likeness (QED) is 0.638. The van der Waals surface area contributed by atoms with Crippen LogP contribution in [0, 0.1) is 6.92 Å². The highest BCUT2D eigenvalue weighted by Gasteiger charge is 1.99. The molecule has 1 aromatic heterocycles. The van der Waals surface area contributed by atoms with Crippen molar-refractivity contribution < 1.29 is 9.53 Å². The molecule has 0 aromatic carbocycles. The normalized spacial score (nSPS) is 9.50. The summed E-state index contributed by atoms with van der Waals surface area (Å²) < 4.78 is 5.16. The van der Waals surface area contributed by atoms with E-state index < -0.39 is 0 Å². The summed E-state index contributed by atoms with van der Waals surface area (Å²) in [4.78, 5) is 14.4. The number of hydrogen-bond acceptors (Lipinski definition) is 3. The Kier molecular flexibility index (Phi) is 2.80. The minimum absolute atomic E-state index is 0.570. The van der Waals surface area contributed by atoms with Crippen molar-refractivity contribution in [2.45, 2.75) is 13.8 Å². The van der Waals surface area contributed by atoms with E-state index in [2.05, 4.69) is 4.98 Å². The van der Waals surface area contributed by atoms with E-state index in [1.54, 1.807) is 6.07 Å². The highest BCUT2D eigenvalue weighted by molar-refractivity contribution is 5.76. The van der Waals surface area contributed by atoms with E-state index in [1.165, 1.54) is 6.20 Å². The number of nitrogens with zero attached hydrogens (tertiary/aromatic N) is 1. The van der Waals surface area contributed by atoms with E-state index in [4.69, 9.17) is 4.74 Å². The molecule has 64 valence electrons. The fourth-order valence-corrected chi connectivity index (χ4v) is 0.891. The summed E-state index contributed by atoms with van der Waals surface area (Å²) >= 11 is 0. The van der Waals surface area contributed by atoms with E-state index in [0.29, 0.717) is 18.1 Å². The summed E-state index contributed by atoms with van der Waals surface area (Å²) in [6.07, 6.45) is 2.31. The molecule has 0 aliphatic carbocycles. The van der Waals surface area contributed by atoms with Gasteiger partial charge in [0.2, 0.25) is 5.88 Å². The van der Waals surface area contributed by atoms with E-state index >= 15 is 0 Å². The van der Waals surface area contributed by atoms with Crippen molar-refractivity contribution in [3.8, 4) is 5.88 Å². The molecule has 0 unspecified atom stereocenters. The van der Waals surface area contributed by atoms with Crippen LogP contribution < -0.4 is 4.74 Å². The lowest BCUT2D eigenvalue weighted by Gasteiger charge is -2.03. The number of rotatable bonds is 3. The highest BCUT2D eigenvalue weighted by Crippen LogP contribution is 2.11. The zero-order valence-electron chi connectivity index (χ0n) is 7.20. The van der Waals surface area contributed by atoms with Gasteiger partial charge in [0.05, 0.1) is 6.61 Å². The van der Waals surface area contributed by atoms with Crippen molar-refractivity contribution in [3.05, 3.63) is 23.4 Å². The molecule has 0 amide bonds. The van der Waals surface area contributed by atoms with Crippen LogP contribution in [0.2, 0.25) is 0 Å². The number of carbonyl (C=O) groups is 1. The lowest BCUT2D eigenvalue weighted by atomic mass is 10.2. The summed E-state index contributed by atoms with van der Waals surface area (Å²) in [7, 11) is 0. The lowest BCUT2D eigenvalue weighted by Crippen LogP contribution is -1.96.